The van der Waals surface area contributed by atoms with Crippen LogP contribution in [0.5, 0.6) is 0 Å². The van der Waals surface area contributed by atoms with Gasteiger partial charge in [-0.25, -0.2) is 4.79 Å². The first-order valence-electron chi connectivity index (χ1n) is 5.99. The summed E-state index contributed by atoms with van der Waals surface area (Å²) in [6, 6.07) is 4.04. The van der Waals surface area contributed by atoms with E-state index in [0.717, 1.165) is 28.0 Å². The van der Waals surface area contributed by atoms with Crippen LogP contribution < -0.4 is 4.87 Å². The lowest BCUT2D eigenvalue weighted by atomic mass is 10.1. The average Bonchev–Trinajstić information content (AvgIpc) is 2.64. The maximum atomic E-state index is 11.9. The normalized spacial score (nSPS) is 10.6. The van der Waals surface area contributed by atoms with Gasteiger partial charge in [0, 0.05) is 16.6 Å². The Kier molecular flexibility index (Phi) is 3.90. The van der Waals surface area contributed by atoms with Crippen molar-refractivity contribution in [3.05, 3.63) is 59.7 Å². The Morgan fingerprint density at radius 2 is 2.10 bits per heavy atom. The van der Waals surface area contributed by atoms with E-state index in [1.807, 2.05) is 0 Å². The van der Waals surface area contributed by atoms with Crippen molar-refractivity contribution < 1.29 is 14.8 Å². The highest BCUT2D eigenvalue weighted by Crippen LogP contribution is 2.23. The van der Waals surface area contributed by atoms with Gasteiger partial charge in [-0.2, -0.15) is 0 Å². The Morgan fingerprint density at radius 3 is 2.57 bits per heavy atom. The van der Waals surface area contributed by atoms with E-state index in [2.05, 4.69) is 0 Å². The molecular weight excluding hydrogens is 296 g/mol. The summed E-state index contributed by atoms with van der Waals surface area (Å²) in [7, 11) is 0. The van der Waals surface area contributed by atoms with E-state index in [1.165, 1.54) is 16.7 Å². The molecule has 0 aliphatic heterocycles. The molecule has 7 nitrogen and oxygen atoms in total. The Hall–Kier alpha value is -2.48. The molecule has 0 bridgehead atoms. The fraction of sp³-hybridized carbons (Fsp3) is 0.231. The number of hydrogen-bond acceptors (Lipinski definition) is 5. The molecular formula is C13H12N2O5S. The lowest BCUT2D eigenvalue weighted by Crippen LogP contribution is -2.18. The molecule has 1 heterocycles. The SMILES string of the molecule is Cc1sc(=O)n(Cc2cccc([N+](=O)[O-])c2C(=O)O)c1C. The summed E-state index contributed by atoms with van der Waals surface area (Å²) in [4.78, 5) is 34.0. The van der Waals surface area contributed by atoms with Gasteiger partial charge >= 0.3 is 10.8 Å². The molecule has 0 atom stereocenters. The van der Waals surface area contributed by atoms with E-state index in [9.17, 15) is 24.8 Å². The molecule has 0 amide bonds. The van der Waals surface area contributed by atoms with Gasteiger partial charge in [0.2, 0.25) is 0 Å². The predicted octanol–water partition coefficient (Wildman–Crippen LogP) is 2.18. The van der Waals surface area contributed by atoms with E-state index in [1.54, 1.807) is 13.8 Å². The number of nitrogens with zero attached hydrogens (tertiary/aromatic N) is 2. The molecule has 0 unspecified atom stereocenters. The van der Waals surface area contributed by atoms with Crippen molar-refractivity contribution in [3.8, 4) is 0 Å². The van der Waals surface area contributed by atoms with E-state index in [-0.39, 0.29) is 22.5 Å². The number of carboxylic acid groups (broad SMARTS) is 1. The highest BCUT2D eigenvalue weighted by atomic mass is 32.1. The minimum absolute atomic E-state index is 0.00167. The molecule has 2 rings (SSSR count). The minimum Gasteiger partial charge on any atom is -0.477 e. The number of aromatic carboxylic acids is 1. The molecule has 110 valence electrons. The minimum atomic E-state index is -1.38. The standard InChI is InChI=1S/C13H12N2O5S/c1-7-8(2)21-13(18)14(7)6-9-4-3-5-10(15(19)20)11(9)12(16)17/h3-5H,6H2,1-2H3,(H,16,17). The highest BCUT2D eigenvalue weighted by molar-refractivity contribution is 7.09. The first-order valence-corrected chi connectivity index (χ1v) is 6.81. The van der Waals surface area contributed by atoms with E-state index in [4.69, 9.17) is 0 Å². The summed E-state index contributed by atoms with van der Waals surface area (Å²) < 4.78 is 1.42. The second kappa shape index (κ2) is 5.49. The molecule has 0 saturated heterocycles. The zero-order valence-electron chi connectivity index (χ0n) is 11.3. The first kappa shape index (κ1) is 14.9. The van der Waals surface area contributed by atoms with Crippen molar-refractivity contribution in [1.82, 2.24) is 4.57 Å². The van der Waals surface area contributed by atoms with Gasteiger partial charge in [0.1, 0.15) is 5.56 Å². The summed E-state index contributed by atoms with van der Waals surface area (Å²) in [5, 5.41) is 20.2. The Bertz CT molecular complexity index is 790. The third-order valence-electron chi connectivity index (χ3n) is 3.24. The maximum absolute atomic E-state index is 11.9. The fourth-order valence-electron chi connectivity index (χ4n) is 2.06. The molecule has 1 N–H and O–H groups in total. The van der Waals surface area contributed by atoms with Crippen molar-refractivity contribution in [2.45, 2.75) is 20.4 Å². The molecule has 0 aliphatic carbocycles. The summed E-state index contributed by atoms with van der Waals surface area (Å²) >= 11 is 1.07. The highest BCUT2D eigenvalue weighted by Gasteiger charge is 2.24. The number of rotatable bonds is 4. The Labute approximate surface area is 123 Å². The smallest absolute Gasteiger partial charge is 0.343 e. The van der Waals surface area contributed by atoms with Crippen molar-refractivity contribution in [2.75, 3.05) is 0 Å². The average molecular weight is 308 g/mol. The number of carbonyl (C=O) groups is 1. The van der Waals surface area contributed by atoms with Crippen molar-refractivity contribution in [2.24, 2.45) is 0 Å². The van der Waals surface area contributed by atoms with Crippen LogP contribution in [0.25, 0.3) is 0 Å². The molecule has 0 fully saturated rings. The maximum Gasteiger partial charge on any atom is 0.343 e. The molecule has 1 aromatic carbocycles. The number of nitro benzene ring substituents is 1. The van der Waals surface area contributed by atoms with Crippen LogP contribution in [0.1, 0.15) is 26.5 Å². The predicted molar refractivity (Wildman–Crippen MR) is 77.2 cm³/mol. The van der Waals surface area contributed by atoms with Crippen LogP contribution >= 0.6 is 11.3 Å². The third-order valence-corrected chi connectivity index (χ3v) is 4.24. The molecule has 0 aliphatic rings. The molecule has 0 radical (unpaired) electrons. The number of aryl methyl sites for hydroxylation is 1. The van der Waals surface area contributed by atoms with E-state index in [0.29, 0.717) is 0 Å². The zero-order chi connectivity index (χ0) is 15.7. The molecule has 0 saturated carbocycles. The largest absolute Gasteiger partial charge is 0.477 e. The monoisotopic (exact) mass is 308 g/mol. The zero-order valence-corrected chi connectivity index (χ0v) is 12.1. The van der Waals surface area contributed by atoms with Gasteiger partial charge in [0.05, 0.1) is 11.5 Å². The number of thiazole rings is 1. The van der Waals surface area contributed by atoms with Gasteiger partial charge in [-0.3, -0.25) is 19.5 Å². The molecule has 21 heavy (non-hydrogen) atoms. The number of hydrogen-bond donors (Lipinski definition) is 1. The second-order valence-corrected chi connectivity index (χ2v) is 5.63. The van der Waals surface area contributed by atoms with Crippen LogP contribution in [-0.2, 0) is 6.54 Å². The van der Waals surface area contributed by atoms with Crippen LogP contribution in [0, 0.1) is 24.0 Å². The quantitative estimate of drug-likeness (QED) is 0.689. The van der Waals surface area contributed by atoms with Gasteiger partial charge in [-0.15, -0.1) is 0 Å². The molecule has 8 heteroatoms. The van der Waals surface area contributed by atoms with Crippen molar-refractivity contribution in [1.29, 1.82) is 0 Å². The molecule has 1 aromatic heterocycles. The van der Waals surface area contributed by atoms with Crippen LogP contribution in [0.4, 0.5) is 5.69 Å². The van der Waals surface area contributed by atoms with E-state index < -0.39 is 16.6 Å². The summed E-state index contributed by atoms with van der Waals surface area (Å²) in [5.74, 6) is -1.38. The lowest BCUT2D eigenvalue weighted by Gasteiger charge is -2.08. The molecule has 0 spiro atoms. The van der Waals surface area contributed by atoms with Crippen LogP contribution in [0.2, 0.25) is 0 Å². The number of benzene rings is 1. The van der Waals surface area contributed by atoms with Crippen molar-refractivity contribution in [3.63, 3.8) is 0 Å². The number of nitro groups is 1. The number of carboxylic acids is 1. The van der Waals surface area contributed by atoms with Gasteiger partial charge in [-0.1, -0.05) is 23.5 Å². The van der Waals surface area contributed by atoms with Crippen molar-refractivity contribution >= 4 is 23.0 Å². The van der Waals surface area contributed by atoms with Crippen LogP contribution in [0.15, 0.2) is 23.0 Å². The van der Waals surface area contributed by atoms with E-state index >= 15 is 0 Å². The van der Waals surface area contributed by atoms with Gasteiger partial charge in [0.15, 0.2) is 0 Å². The van der Waals surface area contributed by atoms with Crippen LogP contribution in [-0.4, -0.2) is 20.6 Å². The van der Waals surface area contributed by atoms with Gasteiger partial charge in [0.25, 0.3) is 5.69 Å². The lowest BCUT2D eigenvalue weighted by molar-refractivity contribution is -0.385. The fourth-order valence-corrected chi connectivity index (χ4v) is 2.89. The number of aromatic nitrogens is 1. The summed E-state index contributed by atoms with van der Waals surface area (Å²) in [6.07, 6.45) is 0. The third kappa shape index (κ3) is 2.70. The van der Waals surface area contributed by atoms with Crippen LogP contribution in [0.3, 0.4) is 0 Å². The van der Waals surface area contributed by atoms with Gasteiger partial charge < -0.3 is 5.11 Å². The first-order chi connectivity index (χ1) is 9.82. The summed E-state index contributed by atoms with van der Waals surface area (Å²) in [6.45, 7) is 3.55. The second-order valence-electron chi connectivity index (χ2n) is 4.47. The summed E-state index contributed by atoms with van der Waals surface area (Å²) in [5.41, 5.74) is 0.114. The van der Waals surface area contributed by atoms with Gasteiger partial charge in [-0.05, 0) is 19.4 Å². The Balaban J connectivity index is 2.60. The topological polar surface area (TPSA) is 102 Å². The Morgan fingerprint density at radius 1 is 1.43 bits per heavy atom. The molecule has 2 aromatic rings.